The molecule has 0 atom stereocenters. The summed E-state index contributed by atoms with van der Waals surface area (Å²) in [5.41, 5.74) is 1.38. The first kappa shape index (κ1) is 24.0. The Bertz CT molecular complexity index is 1190. The quantitative estimate of drug-likeness (QED) is 0.605. The molecule has 1 aliphatic rings. The van der Waals surface area contributed by atoms with Crippen LogP contribution in [0.5, 0.6) is 11.5 Å². The van der Waals surface area contributed by atoms with E-state index in [1.807, 2.05) is 19.0 Å². The Labute approximate surface area is 192 Å². The van der Waals surface area contributed by atoms with Crippen LogP contribution in [0.25, 0.3) is 0 Å². The third-order valence-electron chi connectivity index (χ3n) is 5.11. The topological polar surface area (TPSA) is 93.2 Å². The van der Waals surface area contributed by atoms with Gasteiger partial charge in [0.25, 0.3) is 0 Å². The molecule has 0 bridgehead atoms. The van der Waals surface area contributed by atoms with E-state index >= 15 is 0 Å². The molecule has 0 N–H and O–H groups in total. The van der Waals surface area contributed by atoms with E-state index in [4.69, 9.17) is 21.1 Å². The maximum Gasteiger partial charge on any atom is 0.337 e. The first-order chi connectivity index (χ1) is 14.9. The average Bonchev–Trinajstić information content (AvgIpc) is 2.81. The average molecular weight is 481 g/mol. The lowest BCUT2D eigenvalue weighted by atomic mass is 10.1. The number of amides is 1. The summed E-state index contributed by atoms with van der Waals surface area (Å²) < 4.78 is 37.2. The van der Waals surface area contributed by atoms with Gasteiger partial charge in [0.1, 0.15) is 16.4 Å². The molecule has 0 fully saturated rings. The maximum atomic E-state index is 13.3. The molecular weight excluding hydrogens is 456 g/mol. The number of hydrogen-bond donors (Lipinski definition) is 0. The van der Waals surface area contributed by atoms with Gasteiger partial charge in [0.05, 0.1) is 23.4 Å². The number of hydrogen-bond acceptors (Lipinski definition) is 7. The summed E-state index contributed by atoms with van der Waals surface area (Å²) in [5.74, 6) is -0.912. The van der Waals surface area contributed by atoms with Gasteiger partial charge in [-0.25, -0.2) is 13.2 Å². The Morgan fingerprint density at radius 3 is 2.41 bits per heavy atom. The van der Waals surface area contributed by atoms with Crippen LogP contribution in [0.2, 0.25) is 5.02 Å². The second-order valence-corrected chi connectivity index (χ2v) is 10.2. The Hall–Kier alpha value is -2.62. The zero-order chi connectivity index (χ0) is 23.8. The normalized spacial score (nSPS) is 14.1. The lowest BCUT2D eigenvalue weighted by Crippen LogP contribution is -2.35. The number of sulfone groups is 1. The molecule has 8 nitrogen and oxygen atoms in total. The fourth-order valence-electron chi connectivity index (χ4n) is 3.50. The van der Waals surface area contributed by atoms with Crippen molar-refractivity contribution >= 4 is 39.0 Å². The van der Waals surface area contributed by atoms with Gasteiger partial charge < -0.3 is 19.3 Å². The molecule has 32 heavy (non-hydrogen) atoms. The fourth-order valence-corrected chi connectivity index (χ4v) is 5.35. The molecule has 172 valence electrons. The molecule has 2 aromatic carbocycles. The second-order valence-electron chi connectivity index (χ2n) is 7.86. The van der Waals surface area contributed by atoms with E-state index < -0.39 is 21.6 Å². The summed E-state index contributed by atoms with van der Waals surface area (Å²) in [6, 6.07) is 5.96. The number of benzene rings is 2. The second kappa shape index (κ2) is 9.09. The number of halogens is 1. The summed E-state index contributed by atoms with van der Waals surface area (Å²) in [4.78, 5) is 27.6. The predicted octanol–water partition coefficient (Wildman–Crippen LogP) is 3.43. The van der Waals surface area contributed by atoms with Gasteiger partial charge in [-0.1, -0.05) is 11.6 Å². The number of esters is 1. The highest BCUT2D eigenvalue weighted by Gasteiger charge is 2.32. The Morgan fingerprint density at radius 2 is 1.81 bits per heavy atom. The molecule has 2 aromatic rings. The van der Waals surface area contributed by atoms with Crippen molar-refractivity contribution in [2.45, 2.75) is 24.5 Å². The fraction of sp³-hybridized carbons (Fsp3) is 0.364. The SMILES string of the molecule is COC(=O)c1cc(C)c2c(c1)S(=O)(=O)Cc1cc(N(CCN(C)C)C(C)=O)cc(Cl)c1O2. The number of fused-ring (bicyclic) bond motifs is 2. The number of carbonyl (C=O) groups is 2. The molecule has 0 saturated carbocycles. The molecule has 1 heterocycles. The number of likely N-dealkylation sites (N-methyl/N-ethyl adjacent to an activating group) is 1. The number of ether oxygens (including phenoxy) is 2. The van der Waals surface area contributed by atoms with Crippen molar-refractivity contribution in [3.63, 3.8) is 0 Å². The molecule has 0 radical (unpaired) electrons. The van der Waals surface area contributed by atoms with E-state index in [-0.39, 0.29) is 32.9 Å². The predicted molar refractivity (Wildman–Crippen MR) is 122 cm³/mol. The van der Waals surface area contributed by atoms with Crippen LogP contribution in [0.15, 0.2) is 29.2 Å². The number of carbonyl (C=O) groups excluding carboxylic acids is 2. The molecule has 3 rings (SSSR count). The van der Waals surface area contributed by atoms with Crippen LogP contribution in [0, 0.1) is 6.92 Å². The highest BCUT2D eigenvalue weighted by atomic mass is 35.5. The lowest BCUT2D eigenvalue weighted by Gasteiger charge is -2.24. The van der Waals surface area contributed by atoms with Crippen molar-refractivity contribution in [3.8, 4) is 11.5 Å². The van der Waals surface area contributed by atoms with Crippen molar-refractivity contribution in [1.29, 1.82) is 0 Å². The van der Waals surface area contributed by atoms with Crippen molar-refractivity contribution in [2.24, 2.45) is 0 Å². The zero-order valence-corrected chi connectivity index (χ0v) is 20.1. The number of rotatable bonds is 5. The highest BCUT2D eigenvalue weighted by Crippen LogP contribution is 2.45. The minimum Gasteiger partial charge on any atom is -0.465 e. The molecule has 1 aliphatic heterocycles. The first-order valence-corrected chi connectivity index (χ1v) is 11.9. The van der Waals surface area contributed by atoms with Crippen LogP contribution >= 0.6 is 11.6 Å². The molecule has 0 spiro atoms. The van der Waals surface area contributed by atoms with Crippen molar-refractivity contribution < 1.29 is 27.5 Å². The van der Waals surface area contributed by atoms with Crippen LogP contribution in [0.3, 0.4) is 0 Å². The van der Waals surface area contributed by atoms with Gasteiger partial charge in [-0.3, -0.25) is 4.79 Å². The molecule has 0 aliphatic carbocycles. The van der Waals surface area contributed by atoms with Crippen LogP contribution in [-0.2, 0) is 25.1 Å². The van der Waals surface area contributed by atoms with Gasteiger partial charge >= 0.3 is 5.97 Å². The maximum absolute atomic E-state index is 13.3. The molecule has 10 heteroatoms. The summed E-state index contributed by atoms with van der Waals surface area (Å²) in [5, 5.41) is 0.188. The molecular formula is C22H25ClN2O6S. The van der Waals surface area contributed by atoms with Crippen LogP contribution in [0.1, 0.15) is 28.4 Å². The van der Waals surface area contributed by atoms with Gasteiger partial charge in [-0.15, -0.1) is 0 Å². The number of nitrogens with zero attached hydrogens (tertiary/aromatic N) is 2. The van der Waals surface area contributed by atoms with E-state index in [1.165, 1.54) is 31.1 Å². The van der Waals surface area contributed by atoms with Crippen molar-refractivity contribution in [1.82, 2.24) is 4.90 Å². The smallest absolute Gasteiger partial charge is 0.337 e. The number of anilines is 1. The number of methoxy groups -OCH3 is 1. The van der Waals surface area contributed by atoms with Crippen LogP contribution in [-0.4, -0.2) is 59.5 Å². The molecule has 1 amide bonds. The molecule has 0 aromatic heterocycles. The highest BCUT2D eigenvalue weighted by molar-refractivity contribution is 7.90. The minimum atomic E-state index is -3.89. The van der Waals surface area contributed by atoms with Crippen LogP contribution < -0.4 is 9.64 Å². The third-order valence-corrected chi connectivity index (χ3v) is 7.06. The Balaban J connectivity index is 2.13. The van der Waals surface area contributed by atoms with Crippen LogP contribution in [0.4, 0.5) is 5.69 Å². The largest absolute Gasteiger partial charge is 0.465 e. The van der Waals surface area contributed by atoms with Gasteiger partial charge in [0.15, 0.2) is 9.84 Å². The summed E-state index contributed by atoms with van der Waals surface area (Å²) >= 11 is 6.51. The van der Waals surface area contributed by atoms with Gasteiger partial charge in [0, 0.05) is 31.3 Å². The summed E-state index contributed by atoms with van der Waals surface area (Å²) in [6.07, 6.45) is 0. The van der Waals surface area contributed by atoms with E-state index in [0.29, 0.717) is 29.9 Å². The number of aryl methyl sites for hydroxylation is 1. The lowest BCUT2D eigenvalue weighted by molar-refractivity contribution is -0.116. The first-order valence-electron chi connectivity index (χ1n) is 9.83. The molecule has 0 saturated heterocycles. The van der Waals surface area contributed by atoms with Gasteiger partial charge in [-0.2, -0.15) is 0 Å². The van der Waals surface area contributed by atoms with Crippen molar-refractivity contribution in [2.75, 3.05) is 39.2 Å². The summed E-state index contributed by atoms with van der Waals surface area (Å²) in [6.45, 7) is 4.11. The Morgan fingerprint density at radius 1 is 1.12 bits per heavy atom. The zero-order valence-electron chi connectivity index (χ0n) is 18.6. The third kappa shape index (κ3) is 4.74. The van der Waals surface area contributed by atoms with E-state index in [0.717, 1.165) is 0 Å². The van der Waals surface area contributed by atoms with E-state index in [1.54, 1.807) is 19.1 Å². The molecule has 0 unspecified atom stereocenters. The monoisotopic (exact) mass is 480 g/mol. The van der Waals surface area contributed by atoms with E-state index in [9.17, 15) is 18.0 Å². The van der Waals surface area contributed by atoms with Crippen molar-refractivity contribution in [3.05, 3.63) is 46.0 Å². The summed E-state index contributed by atoms with van der Waals surface area (Å²) in [7, 11) is 1.13. The van der Waals surface area contributed by atoms with Gasteiger partial charge in [-0.05, 0) is 50.8 Å². The standard InChI is InChI=1S/C22H25ClN2O6S/c1-13-8-15(22(27)30-5)10-19-20(13)31-21-16(12-32(19,28)29)9-17(11-18(21)23)25(14(2)26)7-6-24(3)4/h8-11H,6-7,12H2,1-5H3. The Kier molecular flexibility index (Phi) is 6.83. The minimum absolute atomic E-state index is 0.109. The van der Waals surface area contributed by atoms with Gasteiger partial charge in [0.2, 0.25) is 5.91 Å². The van der Waals surface area contributed by atoms with E-state index in [2.05, 4.69) is 0 Å².